The SMILES string of the molecule is Cn1nc(C(F)(F)C(F)(F)F)c(C(F)(F)F)c1-c1cnc(-c2ccc(Cl)c(C(=O)NC3CC3)c2)s1. The Labute approximate surface area is 200 Å². The third-order valence-corrected chi connectivity index (χ3v) is 6.48. The van der Waals surface area contributed by atoms with Crippen molar-refractivity contribution in [2.75, 3.05) is 0 Å². The first-order valence-electron chi connectivity index (χ1n) is 9.77. The predicted octanol–water partition coefficient (Wildman–Crippen LogP) is 6.43. The minimum Gasteiger partial charge on any atom is -0.349 e. The molecule has 0 bridgehead atoms. The van der Waals surface area contributed by atoms with E-state index in [4.69, 9.17) is 11.6 Å². The molecule has 1 amide bonds. The van der Waals surface area contributed by atoms with Crippen molar-refractivity contribution >= 4 is 28.8 Å². The molecule has 0 spiro atoms. The Morgan fingerprint density at radius 1 is 1.14 bits per heavy atom. The maximum atomic E-state index is 13.9. The van der Waals surface area contributed by atoms with Gasteiger partial charge in [-0.2, -0.15) is 40.2 Å². The van der Waals surface area contributed by atoms with Crippen LogP contribution in [0.3, 0.4) is 0 Å². The van der Waals surface area contributed by atoms with Crippen LogP contribution >= 0.6 is 22.9 Å². The lowest BCUT2D eigenvalue weighted by atomic mass is 10.1. The largest absolute Gasteiger partial charge is 0.459 e. The smallest absolute Gasteiger partial charge is 0.349 e. The quantitative estimate of drug-likeness (QED) is 0.377. The lowest BCUT2D eigenvalue weighted by molar-refractivity contribution is -0.292. The summed E-state index contributed by atoms with van der Waals surface area (Å²) in [4.78, 5) is 16.0. The molecule has 0 atom stereocenters. The van der Waals surface area contributed by atoms with Crippen LogP contribution in [0.4, 0.5) is 35.1 Å². The van der Waals surface area contributed by atoms with Crippen LogP contribution in [-0.2, 0) is 19.1 Å². The number of amides is 1. The van der Waals surface area contributed by atoms with Gasteiger partial charge in [0, 0.05) is 24.8 Å². The first kappa shape index (κ1) is 25.4. The van der Waals surface area contributed by atoms with Crippen LogP contribution in [0.25, 0.3) is 21.1 Å². The molecule has 188 valence electrons. The van der Waals surface area contributed by atoms with E-state index < -0.39 is 41.1 Å². The highest BCUT2D eigenvalue weighted by molar-refractivity contribution is 7.18. The van der Waals surface area contributed by atoms with Gasteiger partial charge in [0.15, 0.2) is 5.69 Å². The summed E-state index contributed by atoms with van der Waals surface area (Å²) < 4.78 is 108. The number of rotatable bonds is 5. The van der Waals surface area contributed by atoms with Gasteiger partial charge in [-0.1, -0.05) is 17.7 Å². The Morgan fingerprint density at radius 3 is 2.37 bits per heavy atom. The van der Waals surface area contributed by atoms with Crippen LogP contribution in [0.1, 0.15) is 34.5 Å². The van der Waals surface area contributed by atoms with Crippen molar-refractivity contribution in [2.24, 2.45) is 7.05 Å². The summed E-state index contributed by atoms with van der Waals surface area (Å²) in [5.74, 6) is -6.30. The normalized spacial score (nSPS) is 14.9. The van der Waals surface area contributed by atoms with Gasteiger partial charge in [-0.05, 0) is 25.0 Å². The van der Waals surface area contributed by atoms with E-state index in [1.807, 2.05) is 0 Å². The zero-order valence-corrected chi connectivity index (χ0v) is 18.9. The number of halogens is 9. The van der Waals surface area contributed by atoms with Gasteiger partial charge in [0.25, 0.3) is 5.91 Å². The third-order valence-electron chi connectivity index (χ3n) is 5.09. The maximum Gasteiger partial charge on any atom is 0.459 e. The average Bonchev–Trinajstić information content (AvgIpc) is 3.27. The first-order chi connectivity index (χ1) is 16.1. The number of carbonyl (C=O) groups is 1. The number of carbonyl (C=O) groups excluding carboxylic acids is 1. The molecule has 0 aliphatic heterocycles. The number of alkyl halides is 8. The number of hydrogen-bond acceptors (Lipinski definition) is 4. The van der Waals surface area contributed by atoms with Crippen molar-refractivity contribution < 1.29 is 39.9 Å². The number of nitrogens with zero attached hydrogens (tertiary/aromatic N) is 3. The molecule has 2 heterocycles. The Balaban J connectivity index is 1.79. The van der Waals surface area contributed by atoms with Crippen molar-refractivity contribution in [1.29, 1.82) is 0 Å². The molecule has 5 nitrogen and oxygen atoms in total. The molecule has 1 aliphatic rings. The van der Waals surface area contributed by atoms with Gasteiger partial charge in [-0.3, -0.25) is 9.48 Å². The molecular formula is C20H13ClF8N4OS. The van der Waals surface area contributed by atoms with Crippen LogP contribution in [0.5, 0.6) is 0 Å². The van der Waals surface area contributed by atoms with Crippen molar-refractivity contribution in [1.82, 2.24) is 20.1 Å². The van der Waals surface area contributed by atoms with Gasteiger partial charge in [0.05, 0.1) is 21.2 Å². The Morgan fingerprint density at radius 2 is 1.80 bits per heavy atom. The first-order valence-corrected chi connectivity index (χ1v) is 11.0. The van der Waals surface area contributed by atoms with Gasteiger partial charge in [0.1, 0.15) is 10.6 Å². The van der Waals surface area contributed by atoms with Crippen molar-refractivity contribution in [3.63, 3.8) is 0 Å². The zero-order chi connectivity index (χ0) is 25.9. The Kier molecular flexibility index (Phi) is 6.11. The highest BCUT2D eigenvalue weighted by atomic mass is 35.5. The molecule has 2 aromatic heterocycles. The van der Waals surface area contributed by atoms with Crippen molar-refractivity contribution in [3.8, 4) is 21.1 Å². The zero-order valence-electron chi connectivity index (χ0n) is 17.4. The average molecular weight is 545 g/mol. The fraction of sp³-hybridized carbons (Fsp3) is 0.350. The number of hydrogen-bond donors (Lipinski definition) is 1. The van der Waals surface area contributed by atoms with Gasteiger partial charge in [0.2, 0.25) is 0 Å². The van der Waals surface area contributed by atoms with Crippen LogP contribution in [0, 0.1) is 0 Å². The summed E-state index contributed by atoms with van der Waals surface area (Å²) >= 11 is 6.67. The van der Waals surface area contributed by atoms with E-state index in [1.54, 1.807) is 0 Å². The maximum absolute atomic E-state index is 13.9. The summed E-state index contributed by atoms with van der Waals surface area (Å²) in [5, 5.41) is 5.83. The molecule has 3 aromatic rings. The summed E-state index contributed by atoms with van der Waals surface area (Å²) in [6, 6.07) is 4.21. The molecule has 1 aromatic carbocycles. The second-order valence-corrected chi connectivity index (χ2v) is 9.18. The van der Waals surface area contributed by atoms with Gasteiger partial charge in [-0.25, -0.2) is 4.98 Å². The minimum atomic E-state index is -6.29. The molecule has 1 fully saturated rings. The van der Waals surface area contributed by atoms with Crippen LogP contribution < -0.4 is 5.32 Å². The topological polar surface area (TPSA) is 59.8 Å². The van der Waals surface area contributed by atoms with Crippen molar-refractivity contribution in [3.05, 3.63) is 46.2 Å². The number of aryl methyl sites for hydroxylation is 1. The fourth-order valence-electron chi connectivity index (χ4n) is 3.27. The van der Waals surface area contributed by atoms with E-state index in [2.05, 4.69) is 15.4 Å². The summed E-state index contributed by atoms with van der Waals surface area (Å²) in [7, 11) is 0.822. The molecule has 0 unspecified atom stereocenters. The molecule has 1 saturated carbocycles. The van der Waals surface area contributed by atoms with E-state index in [0.717, 1.165) is 26.1 Å². The predicted molar refractivity (Wildman–Crippen MR) is 110 cm³/mol. The van der Waals surface area contributed by atoms with E-state index in [-0.39, 0.29) is 32.1 Å². The Bertz CT molecular complexity index is 1290. The molecule has 0 saturated heterocycles. The number of nitrogens with one attached hydrogen (secondary N) is 1. The van der Waals surface area contributed by atoms with Gasteiger partial charge in [-0.15, -0.1) is 11.3 Å². The minimum absolute atomic E-state index is 0.0309. The fourth-order valence-corrected chi connectivity index (χ4v) is 4.47. The molecule has 35 heavy (non-hydrogen) atoms. The monoisotopic (exact) mass is 544 g/mol. The summed E-state index contributed by atoms with van der Waals surface area (Å²) in [6.07, 6.45) is -9.33. The van der Waals surface area contributed by atoms with Crippen molar-refractivity contribution in [2.45, 2.75) is 37.2 Å². The van der Waals surface area contributed by atoms with E-state index in [1.165, 1.54) is 18.2 Å². The van der Waals surface area contributed by atoms with Crippen LogP contribution in [-0.4, -0.2) is 32.9 Å². The standard InChI is InChI=1S/C20H13ClF8N4OS/c1-33-14(13(19(24,25)26)15(32-33)18(22,23)20(27,28)29)12-7-30-17(35-12)8-2-5-11(21)10(6-8)16(34)31-9-3-4-9/h2,5-7,9H,3-4H2,1H3,(H,31,34). The molecule has 15 heteroatoms. The summed E-state index contributed by atoms with van der Waals surface area (Å²) in [5.41, 5.74) is -5.28. The lowest BCUT2D eigenvalue weighted by Gasteiger charge is -2.19. The molecule has 1 aliphatic carbocycles. The van der Waals surface area contributed by atoms with Gasteiger partial charge < -0.3 is 5.32 Å². The number of thiazole rings is 1. The van der Waals surface area contributed by atoms with Gasteiger partial charge >= 0.3 is 18.3 Å². The van der Waals surface area contributed by atoms with E-state index in [0.29, 0.717) is 16.0 Å². The summed E-state index contributed by atoms with van der Waals surface area (Å²) in [6.45, 7) is 0. The molecular weight excluding hydrogens is 532 g/mol. The molecule has 4 rings (SSSR count). The lowest BCUT2D eigenvalue weighted by Crippen LogP contribution is -2.36. The third kappa shape index (κ3) is 4.73. The molecule has 1 N–H and O–H groups in total. The van der Waals surface area contributed by atoms with Crippen LogP contribution in [0.2, 0.25) is 5.02 Å². The van der Waals surface area contributed by atoms with E-state index >= 15 is 0 Å². The second-order valence-electron chi connectivity index (χ2n) is 7.74. The Hall–Kier alpha value is -2.74. The highest BCUT2D eigenvalue weighted by Gasteiger charge is 2.64. The highest BCUT2D eigenvalue weighted by Crippen LogP contribution is 2.51. The molecule has 0 radical (unpaired) electrons. The van der Waals surface area contributed by atoms with Crippen LogP contribution in [0.15, 0.2) is 24.4 Å². The second kappa shape index (κ2) is 8.43. The number of aromatic nitrogens is 3. The number of benzene rings is 1. The van der Waals surface area contributed by atoms with E-state index in [9.17, 15) is 39.9 Å².